The number of alkyl halides is 3. The third-order valence-corrected chi connectivity index (χ3v) is 6.76. The third-order valence-electron chi connectivity index (χ3n) is 6.39. The summed E-state index contributed by atoms with van der Waals surface area (Å²) in [5.41, 5.74) is -0.981. The first-order chi connectivity index (χ1) is 16.1. The Morgan fingerprint density at radius 1 is 1.18 bits per heavy atom. The van der Waals surface area contributed by atoms with Crippen molar-refractivity contribution in [1.29, 1.82) is 5.26 Å². The first-order valence-corrected chi connectivity index (χ1v) is 11.1. The van der Waals surface area contributed by atoms with Crippen LogP contribution in [0.5, 0.6) is 0 Å². The number of halogens is 3. The Kier molecular flexibility index (Phi) is 6.08. The van der Waals surface area contributed by atoms with Crippen molar-refractivity contribution >= 4 is 40.5 Å². The van der Waals surface area contributed by atoms with Gasteiger partial charge >= 0.3 is 6.18 Å². The van der Waals surface area contributed by atoms with Crippen molar-refractivity contribution in [2.75, 3.05) is 16.8 Å². The molecular weight excluding hydrogens is 465 g/mol. The van der Waals surface area contributed by atoms with Gasteiger partial charge in [0.1, 0.15) is 5.54 Å². The fourth-order valence-corrected chi connectivity index (χ4v) is 4.87. The topological polar surface area (TPSA) is 76.4 Å². The lowest BCUT2D eigenvalue weighted by atomic mass is 9.75. The minimum atomic E-state index is -4.75. The summed E-state index contributed by atoms with van der Waals surface area (Å²) in [6.07, 6.45) is -2.00. The van der Waals surface area contributed by atoms with E-state index in [0.717, 1.165) is 29.0 Å². The summed E-state index contributed by atoms with van der Waals surface area (Å²) in [6, 6.07) is 12.0. The number of anilines is 2. The zero-order valence-corrected chi connectivity index (χ0v) is 19.1. The Labute approximate surface area is 199 Å². The minimum absolute atomic E-state index is 0.0164. The number of aryl methyl sites for hydroxylation is 1. The Morgan fingerprint density at radius 3 is 2.35 bits per heavy atom. The van der Waals surface area contributed by atoms with Gasteiger partial charge in [-0.3, -0.25) is 14.5 Å². The minimum Gasteiger partial charge on any atom is -0.359 e. The summed E-state index contributed by atoms with van der Waals surface area (Å²) in [5.74, 6) is -0.439. The van der Waals surface area contributed by atoms with Crippen LogP contribution in [0, 0.1) is 11.3 Å². The smallest absolute Gasteiger partial charge is 0.359 e. The molecule has 1 spiro atoms. The average molecular weight is 487 g/mol. The lowest BCUT2D eigenvalue weighted by Gasteiger charge is -2.43. The molecule has 34 heavy (non-hydrogen) atoms. The Bertz CT molecular complexity index is 1200. The van der Waals surface area contributed by atoms with Gasteiger partial charge < -0.3 is 10.2 Å². The van der Waals surface area contributed by atoms with Crippen LogP contribution in [0.4, 0.5) is 24.5 Å². The fourth-order valence-electron chi connectivity index (χ4n) is 4.41. The lowest BCUT2D eigenvalue weighted by Crippen LogP contribution is -2.55. The fraction of sp³-hybridized carbons (Fsp3) is 0.333. The first-order valence-electron chi connectivity index (χ1n) is 10.7. The number of thiocarbonyl (C=S) groups is 1. The molecule has 4 rings (SSSR count). The number of carbonyl (C=O) groups is 2. The first kappa shape index (κ1) is 23.7. The number of hydrogen-bond acceptors (Lipinski definition) is 4. The standard InChI is InChI=1S/C24H21F3N4O2S/c1-29-20(32)10-5-15-3-7-17(8-4-15)31-22(34)30(21(33)23(31)11-2-12-23)18-9-6-16(14-28)19(13-18)24(25,26)27/h3-4,6-9,13H,2,5,10-12H2,1H3,(H,29,32). The van der Waals surface area contributed by atoms with Crippen LogP contribution < -0.4 is 15.1 Å². The molecule has 176 valence electrons. The summed E-state index contributed by atoms with van der Waals surface area (Å²) >= 11 is 5.62. The van der Waals surface area contributed by atoms with Gasteiger partial charge in [-0.25, -0.2) is 0 Å². The predicted octanol–water partition coefficient (Wildman–Crippen LogP) is 4.32. The lowest BCUT2D eigenvalue weighted by molar-refractivity contribution is -0.137. The molecule has 2 aromatic carbocycles. The van der Waals surface area contributed by atoms with Crippen molar-refractivity contribution in [2.24, 2.45) is 0 Å². The van der Waals surface area contributed by atoms with E-state index >= 15 is 0 Å². The van der Waals surface area contributed by atoms with Gasteiger partial charge in [-0.1, -0.05) is 12.1 Å². The predicted molar refractivity (Wildman–Crippen MR) is 124 cm³/mol. The molecule has 0 atom stereocenters. The van der Waals surface area contributed by atoms with E-state index in [1.165, 1.54) is 6.07 Å². The van der Waals surface area contributed by atoms with Crippen LogP contribution in [0.3, 0.4) is 0 Å². The van der Waals surface area contributed by atoms with Gasteiger partial charge in [0.15, 0.2) is 5.11 Å². The van der Waals surface area contributed by atoms with Crippen molar-refractivity contribution in [3.05, 3.63) is 59.2 Å². The van der Waals surface area contributed by atoms with Gasteiger partial charge in [-0.2, -0.15) is 18.4 Å². The summed E-state index contributed by atoms with van der Waals surface area (Å²) in [5, 5.41) is 11.8. The summed E-state index contributed by atoms with van der Waals surface area (Å²) in [4.78, 5) is 27.9. The van der Waals surface area contributed by atoms with Crippen LogP contribution >= 0.6 is 12.2 Å². The highest BCUT2D eigenvalue weighted by Gasteiger charge is 2.59. The van der Waals surface area contributed by atoms with E-state index in [9.17, 15) is 22.8 Å². The molecule has 0 bridgehead atoms. The molecule has 2 aliphatic rings. The summed E-state index contributed by atoms with van der Waals surface area (Å²) in [7, 11) is 1.58. The van der Waals surface area contributed by atoms with Gasteiger partial charge in [0.2, 0.25) is 5.91 Å². The van der Waals surface area contributed by atoms with Crippen LogP contribution in [0.15, 0.2) is 42.5 Å². The molecule has 1 aliphatic carbocycles. The molecule has 10 heteroatoms. The van der Waals surface area contributed by atoms with E-state index in [0.29, 0.717) is 31.4 Å². The number of benzene rings is 2. The van der Waals surface area contributed by atoms with Crippen LogP contribution in [0.1, 0.15) is 42.4 Å². The van der Waals surface area contributed by atoms with E-state index in [1.807, 2.05) is 24.3 Å². The molecule has 0 aromatic heterocycles. The maximum absolute atomic E-state index is 13.5. The van der Waals surface area contributed by atoms with E-state index in [-0.39, 0.29) is 22.6 Å². The molecular formula is C24H21F3N4O2S. The van der Waals surface area contributed by atoms with E-state index in [1.54, 1.807) is 18.0 Å². The van der Waals surface area contributed by atoms with E-state index < -0.39 is 22.8 Å². The van der Waals surface area contributed by atoms with Crippen molar-refractivity contribution in [3.63, 3.8) is 0 Å². The maximum atomic E-state index is 13.5. The van der Waals surface area contributed by atoms with Crippen molar-refractivity contribution < 1.29 is 22.8 Å². The van der Waals surface area contributed by atoms with Crippen LogP contribution in [0.25, 0.3) is 0 Å². The van der Waals surface area contributed by atoms with Crippen molar-refractivity contribution in [3.8, 4) is 6.07 Å². The molecule has 1 heterocycles. The number of carbonyl (C=O) groups excluding carboxylic acids is 2. The molecule has 1 N–H and O–H groups in total. The molecule has 0 unspecified atom stereocenters. The normalized spacial score (nSPS) is 17.0. The second-order valence-electron chi connectivity index (χ2n) is 8.32. The largest absolute Gasteiger partial charge is 0.417 e. The maximum Gasteiger partial charge on any atom is 0.417 e. The quantitative estimate of drug-likeness (QED) is 0.638. The number of amides is 2. The Morgan fingerprint density at radius 2 is 1.82 bits per heavy atom. The number of hydrogen-bond donors (Lipinski definition) is 1. The average Bonchev–Trinajstić information content (AvgIpc) is 3.03. The number of rotatable bonds is 5. The molecule has 2 amide bonds. The van der Waals surface area contributed by atoms with Crippen LogP contribution in [-0.4, -0.2) is 29.5 Å². The molecule has 2 aromatic rings. The molecule has 1 saturated carbocycles. The van der Waals surface area contributed by atoms with Crippen molar-refractivity contribution in [1.82, 2.24) is 5.32 Å². The van der Waals surface area contributed by atoms with Gasteiger partial charge in [0.05, 0.1) is 22.9 Å². The van der Waals surface area contributed by atoms with Gasteiger partial charge in [0, 0.05) is 19.2 Å². The molecule has 0 radical (unpaired) electrons. The zero-order chi connectivity index (χ0) is 24.7. The summed E-state index contributed by atoms with van der Waals surface area (Å²) < 4.78 is 40.6. The molecule has 6 nitrogen and oxygen atoms in total. The second-order valence-corrected chi connectivity index (χ2v) is 8.69. The SMILES string of the molecule is CNC(=O)CCc1ccc(N2C(=S)N(c3ccc(C#N)c(C(F)(F)F)c3)C(=O)C23CCC3)cc1. The van der Waals surface area contributed by atoms with Crippen LogP contribution in [0.2, 0.25) is 0 Å². The summed E-state index contributed by atoms with van der Waals surface area (Å²) in [6.45, 7) is 0. The van der Waals surface area contributed by atoms with Crippen molar-refractivity contribution in [2.45, 2.75) is 43.8 Å². The molecule has 2 fully saturated rings. The zero-order valence-electron chi connectivity index (χ0n) is 18.3. The van der Waals surface area contributed by atoms with Crippen LogP contribution in [-0.2, 0) is 22.2 Å². The monoisotopic (exact) mass is 486 g/mol. The Balaban J connectivity index is 1.68. The number of nitriles is 1. The van der Waals surface area contributed by atoms with Gasteiger partial charge in [-0.15, -0.1) is 0 Å². The highest BCUT2D eigenvalue weighted by atomic mass is 32.1. The third kappa shape index (κ3) is 3.90. The number of nitrogens with zero attached hydrogens (tertiary/aromatic N) is 3. The van der Waals surface area contributed by atoms with E-state index in [4.69, 9.17) is 17.5 Å². The van der Waals surface area contributed by atoms with E-state index in [2.05, 4.69) is 5.32 Å². The highest BCUT2D eigenvalue weighted by Crippen LogP contribution is 2.48. The Hall–Kier alpha value is -3.45. The van der Waals surface area contributed by atoms with Gasteiger partial charge in [-0.05, 0) is 73.8 Å². The molecule has 1 saturated heterocycles. The second kappa shape index (κ2) is 8.72. The number of nitrogens with one attached hydrogen (secondary N) is 1. The van der Waals surface area contributed by atoms with Gasteiger partial charge in [0.25, 0.3) is 5.91 Å². The molecule has 1 aliphatic heterocycles. The highest BCUT2D eigenvalue weighted by molar-refractivity contribution is 7.81.